The summed E-state index contributed by atoms with van der Waals surface area (Å²) in [5, 5.41) is 10.5. The molecule has 2 heterocycles. The van der Waals surface area contributed by atoms with E-state index in [9.17, 15) is 5.11 Å². The Hall–Kier alpha value is -1.11. The van der Waals surface area contributed by atoms with Gasteiger partial charge in [-0.15, -0.1) is 0 Å². The predicted molar refractivity (Wildman–Crippen MR) is 87.7 cm³/mol. The number of aryl methyl sites for hydroxylation is 1. The van der Waals surface area contributed by atoms with Crippen LogP contribution in [0.15, 0.2) is 36.9 Å². The van der Waals surface area contributed by atoms with E-state index in [4.69, 9.17) is 32.7 Å². The lowest BCUT2D eigenvalue weighted by molar-refractivity contribution is -0.185. The van der Waals surface area contributed by atoms with E-state index < -0.39 is 5.79 Å². The standard InChI is InChI=1S/C16H18Cl2N2O3/c17-13-5-12(6-14(18)7-13)1-2-16(10-20-4-3-19-11-20)22-9-15(8-21)23-16/h3-7,11,15,21H,1-2,8-10H2/t15-,16+/m1/s1. The normalized spacial score (nSPS) is 24.2. The van der Waals surface area contributed by atoms with Crippen LogP contribution < -0.4 is 0 Å². The average molecular weight is 357 g/mol. The van der Waals surface area contributed by atoms with Crippen LogP contribution in [0.25, 0.3) is 0 Å². The first-order valence-corrected chi connectivity index (χ1v) is 8.17. The maximum Gasteiger partial charge on any atom is 0.187 e. The van der Waals surface area contributed by atoms with Gasteiger partial charge in [0.05, 0.1) is 26.1 Å². The molecule has 0 saturated carbocycles. The highest BCUT2D eigenvalue weighted by atomic mass is 35.5. The molecule has 0 amide bonds. The lowest BCUT2D eigenvalue weighted by Gasteiger charge is -2.28. The van der Waals surface area contributed by atoms with E-state index in [2.05, 4.69) is 4.98 Å². The SMILES string of the molecule is OC[C@@H]1CO[C@](CCc2cc(Cl)cc(Cl)c2)(Cn2ccnc2)O1. The number of aromatic nitrogens is 2. The topological polar surface area (TPSA) is 56.5 Å². The van der Waals surface area contributed by atoms with Gasteiger partial charge >= 0.3 is 0 Å². The summed E-state index contributed by atoms with van der Waals surface area (Å²) in [5.41, 5.74) is 1.02. The van der Waals surface area contributed by atoms with Crippen LogP contribution in [0, 0.1) is 0 Å². The van der Waals surface area contributed by atoms with Crippen LogP contribution in [0.3, 0.4) is 0 Å². The van der Waals surface area contributed by atoms with Crippen LogP contribution >= 0.6 is 23.2 Å². The highest BCUT2D eigenvalue weighted by Crippen LogP contribution is 2.31. The van der Waals surface area contributed by atoms with Crippen molar-refractivity contribution in [2.75, 3.05) is 13.2 Å². The van der Waals surface area contributed by atoms with E-state index in [1.54, 1.807) is 18.6 Å². The minimum atomic E-state index is -0.789. The van der Waals surface area contributed by atoms with Gasteiger partial charge in [-0.1, -0.05) is 23.2 Å². The monoisotopic (exact) mass is 356 g/mol. The van der Waals surface area contributed by atoms with E-state index in [0.717, 1.165) is 5.56 Å². The third-order valence-corrected chi connectivity index (χ3v) is 4.25. The molecule has 1 saturated heterocycles. The number of imidazole rings is 1. The Bertz CT molecular complexity index is 631. The van der Waals surface area contributed by atoms with Crippen LogP contribution in [0.2, 0.25) is 10.0 Å². The van der Waals surface area contributed by atoms with Crippen LogP contribution in [0.1, 0.15) is 12.0 Å². The number of aliphatic hydroxyl groups excluding tert-OH is 1. The molecule has 2 atom stereocenters. The van der Waals surface area contributed by atoms with Gasteiger partial charge in [-0.3, -0.25) is 0 Å². The fourth-order valence-electron chi connectivity index (χ4n) is 2.75. The number of ether oxygens (including phenoxy) is 2. The molecule has 1 aromatic carbocycles. The summed E-state index contributed by atoms with van der Waals surface area (Å²) >= 11 is 12.1. The van der Waals surface area contributed by atoms with Gasteiger partial charge < -0.3 is 19.1 Å². The minimum Gasteiger partial charge on any atom is -0.394 e. The fourth-order valence-corrected chi connectivity index (χ4v) is 3.32. The zero-order valence-corrected chi connectivity index (χ0v) is 14.0. The van der Waals surface area contributed by atoms with Crippen molar-refractivity contribution in [2.24, 2.45) is 0 Å². The van der Waals surface area contributed by atoms with E-state index in [1.165, 1.54) is 0 Å². The van der Waals surface area contributed by atoms with Gasteiger partial charge in [0.25, 0.3) is 0 Å². The van der Waals surface area contributed by atoms with Crippen LogP contribution in [-0.4, -0.2) is 39.8 Å². The van der Waals surface area contributed by atoms with Crippen LogP contribution in [-0.2, 0) is 22.4 Å². The maximum absolute atomic E-state index is 9.32. The summed E-state index contributed by atoms with van der Waals surface area (Å²) in [7, 11) is 0. The van der Waals surface area contributed by atoms with E-state index >= 15 is 0 Å². The minimum absolute atomic E-state index is 0.0608. The number of benzene rings is 1. The molecule has 1 aliphatic rings. The van der Waals surface area contributed by atoms with Gasteiger partial charge in [0.1, 0.15) is 6.10 Å². The molecule has 0 unspecified atom stereocenters. The third-order valence-electron chi connectivity index (χ3n) is 3.82. The van der Waals surface area contributed by atoms with Crippen molar-refractivity contribution in [1.29, 1.82) is 0 Å². The zero-order valence-electron chi connectivity index (χ0n) is 12.5. The van der Waals surface area contributed by atoms with Crippen molar-refractivity contribution in [3.8, 4) is 0 Å². The van der Waals surface area contributed by atoms with Gasteiger partial charge in [0.2, 0.25) is 0 Å². The first-order chi connectivity index (χ1) is 11.1. The Kier molecular flexibility index (Phi) is 5.24. The molecular weight excluding hydrogens is 339 g/mol. The molecule has 124 valence electrons. The molecule has 0 bridgehead atoms. The summed E-state index contributed by atoms with van der Waals surface area (Å²) in [4.78, 5) is 4.04. The summed E-state index contributed by atoms with van der Waals surface area (Å²) in [5.74, 6) is -0.789. The fraction of sp³-hybridized carbons (Fsp3) is 0.438. The second-order valence-corrected chi connectivity index (χ2v) is 6.53. The third kappa shape index (κ3) is 4.25. The summed E-state index contributed by atoms with van der Waals surface area (Å²) in [6.07, 6.45) is 6.31. The maximum atomic E-state index is 9.32. The zero-order chi connectivity index (χ0) is 16.3. The van der Waals surface area contributed by atoms with Gasteiger partial charge in [0.15, 0.2) is 5.79 Å². The summed E-state index contributed by atoms with van der Waals surface area (Å²) in [6.45, 7) is 0.827. The number of hydrogen-bond acceptors (Lipinski definition) is 4. The lowest BCUT2D eigenvalue weighted by Crippen LogP contribution is -2.37. The predicted octanol–water partition coefficient (Wildman–Crippen LogP) is 2.93. The van der Waals surface area contributed by atoms with Crippen LogP contribution in [0.4, 0.5) is 0 Å². The molecular formula is C16H18Cl2N2O3. The molecule has 0 aliphatic carbocycles. The Labute approximate surface area is 144 Å². The molecule has 7 heteroatoms. The largest absolute Gasteiger partial charge is 0.394 e. The molecule has 0 radical (unpaired) electrons. The molecule has 2 aromatic rings. The summed E-state index contributed by atoms with van der Waals surface area (Å²) in [6, 6.07) is 5.48. The number of aliphatic hydroxyl groups is 1. The smallest absolute Gasteiger partial charge is 0.187 e. The van der Waals surface area contributed by atoms with Crippen molar-refractivity contribution in [3.63, 3.8) is 0 Å². The van der Waals surface area contributed by atoms with Gasteiger partial charge in [-0.2, -0.15) is 0 Å². The number of nitrogens with zero attached hydrogens (tertiary/aromatic N) is 2. The van der Waals surface area contributed by atoms with E-state index in [-0.39, 0.29) is 12.7 Å². The molecule has 1 fully saturated rings. The van der Waals surface area contributed by atoms with Crippen molar-refractivity contribution in [2.45, 2.75) is 31.3 Å². The Balaban J connectivity index is 1.73. The molecule has 23 heavy (non-hydrogen) atoms. The number of halogens is 2. The van der Waals surface area contributed by atoms with Crippen molar-refractivity contribution in [3.05, 3.63) is 52.5 Å². The van der Waals surface area contributed by atoms with E-state index in [1.807, 2.05) is 22.9 Å². The van der Waals surface area contributed by atoms with Gasteiger partial charge in [0, 0.05) is 28.9 Å². The quantitative estimate of drug-likeness (QED) is 0.864. The Morgan fingerprint density at radius 1 is 1.30 bits per heavy atom. The first-order valence-electron chi connectivity index (χ1n) is 7.42. The summed E-state index contributed by atoms with van der Waals surface area (Å²) < 4.78 is 13.8. The highest BCUT2D eigenvalue weighted by molar-refractivity contribution is 6.34. The van der Waals surface area contributed by atoms with Gasteiger partial charge in [-0.05, 0) is 30.2 Å². The second kappa shape index (κ2) is 7.20. The Morgan fingerprint density at radius 3 is 2.70 bits per heavy atom. The molecule has 1 aromatic heterocycles. The lowest BCUT2D eigenvalue weighted by atomic mass is 10.0. The average Bonchev–Trinajstić information content (AvgIpc) is 3.15. The number of rotatable bonds is 6. The van der Waals surface area contributed by atoms with Gasteiger partial charge in [-0.25, -0.2) is 4.98 Å². The van der Waals surface area contributed by atoms with Crippen LogP contribution in [0.5, 0.6) is 0 Å². The molecule has 1 N–H and O–H groups in total. The Morgan fingerprint density at radius 2 is 2.09 bits per heavy atom. The highest BCUT2D eigenvalue weighted by Gasteiger charge is 2.41. The molecule has 5 nitrogen and oxygen atoms in total. The van der Waals surface area contributed by atoms with Crippen molar-refractivity contribution < 1.29 is 14.6 Å². The van der Waals surface area contributed by atoms with Crippen molar-refractivity contribution >= 4 is 23.2 Å². The first kappa shape index (κ1) is 16.7. The van der Waals surface area contributed by atoms with Crippen molar-refractivity contribution in [1.82, 2.24) is 9.55 Å². The molecule has 0 spiro atoms. The molecule has 3 rings (SSSR count). The number of hydrogen-bond donors (Lipinski definition) is 1. The second-order valence-electron chi connectivity index (χ2n) is 5.66. The molecule has 1 aliphatic heterocycles. The van der Waals surface area contributed by atoms with E-state index in [0.29, 0.717) is 36.0 Å².